The van der Waals surface area contributed by atoms with Crippen molar-refractivity contribution in [2.45, 2.75) is 6.42 Å². The first kappa shape index (κ1) is 8.59. The lowest BCUT2D eigenvalue weighted by atomic mass is 10.3. The van der Waals surface area contributed by atoms with Crippen LogP contribution >= 0.6 is 12.8 Å². The van der Waals surface area contributed by atoms with Gasteiger partial charge in [0.2, 0.25) is 0 Å². The zero-order chi connectivity index (χ0) is 9.26. The number of aromatic nitrogens is 2. The van der Waals surface area contributed by atoms with Crippen molar-refractivity contribution in [2.75, 3.05) is 6.54 Å². The summed E-state index contributed by atoms with van der Waals surface area (Å²) in [5, 5.41) is 0. The molecular weight excluding hydrogens is 182 g/mol. The van der Waals surface area contributed by atoms with Gasteiger partial charge in [0.05, 0.1) is 11.0 Å². The molecule has 3 nitrogen and oxygen atoms in total. The Balaban J connectivity index is 2.60. The number of thiol groups is 1. The Morgan fingerprint density at radius 2 is 2.15 bits per heavy atom. The first-order valence-electron chi connectivity index (χ1n) is 4.18. The summed E-state index contributed by atoms with van der Waals surface area (Å²) in [6.45, 7) is 0.601. The van der Waals surface area contributed by atoms with Gasteiger partial charge in [0.15, 0.2) is 0 Å². The normalized spacial score (nSPS) is 10.9. The maximum absolute atomic E-state index is 5.46. The van der Waals surface area contributed by atoms with Gasteiger partial charge in [0, 0.05) is 6.42 Å². The van der Waals surface area contributed by atoms with E-state index in [1.165, 1.54) is 0 Å². The summed E-state index contributed by atoms with van der Waals surface area (Å²) < 4.78 is 1.79. The van der Waals surface area contributed by atoms with Crippen molar-refractivity contribution in [1.29, 1.82) is 0 Å². The van der Waals surface area contributed by atoms with Crippen LogP contribution in [0.15, 0.2) is 24.3 Å². The lowest BCUT2D eigenvalue weighted by molar-refractivity contribution is 0.886. The molecule has 0 bridgehead atoms. The van der Waals surface area contributed by atoms with E-state index in [-0.39, 0.29) is 0 Å². The molecule has 2 aromatic rings. The number of hydrogen-bond acceptors (Lipinski definition) is 3. The molecule has 2 N–H and O–H groups in total. The van der Waals surface area contributed by atoms with Crippen molar-refractivity contribution in [3.8, 4) is 0 Å². The van der Waals surface area contributed by atoms with Crippen molar-refractivity contribution in [2.24, 2.45) is 5.73 Å². The van der Waals surface area contributed by atoms with Crippen LogP contribution in [0.5, 0.6) is 0 Å². The van der Waals surface area contributed by atoms with Crippen LogP contribution in [0.4, 0.5) is 0 Å². The highest BCUT2D eigenvalue weighted by Crippen LogP contribution is 2.16. The number of rotatable bonds is 2. The van der Waals surface area contributed by atoms with Gasteiger partial charge in [-0.15, -0.1) is 0 Å². The molecule has 0 fully saturated rings. The van der Waals surface area contributed by atoms with Crippen molar-refractivity contribution >= 4 is 23.8 Å². The number of imidazole rings is 1. The van der Waals surface area contributed by atoms with Gasteiger partial charge in [-0.3, -0.25) is 3.97 Å². The molecule has 2 rings (SSSR count). The number of nitrogens with two attached hydrogens (primary N) is 1. The van der Waals surface area contributed by atoms with Gasteiger partial charge >= 0.3 is 0 Å². The number of nitrogens with zero attached hydrogens (tertiary/aromatic N) is 2. The van der Waals surface area contributed by atoms with Crippen LogP contribution in [0.25, 0.3) is 11.0 Å². The molecule has 0 aliphatic rings. The average Bonchev–Trinajstić information content (AvgIpc) is 2.46. The fraction of sp³-hybridized carbons (Fsp3) is 0.222. The summed E-state index contributed by atoms with van der Waals surface area (Å²) in [5.41, 5.74) is 7.47. The molecule has 0 amide bonds. The molecule has 0 saturated carbocycles. The highest BCUT2D eigenvalue weighted by atomic mass is 32.1. The average molecular weight is 193 g/mol. The molecule has 68 valence electrons. The molecule has 0 aliphatic carbocycles. The van der Waals surface area contributed by atoms with Crippen molar-refractivity contribution in [3.63, 3.8) is 0 Å². The van der Waals surface area contributed by atoms with Crippen LogP contribution in [0.3, 0.4) is 0 Å². The van der Waals surface area contributed by atoms with Gasteiger partial charge in [-0.25, -0.2) is 4.98 Å². The van der Waals surface area contributed by atoms with Gasteiger partial charge in [0.1, 0.15) is 5.82 Å². The van der Waals surface area contributed by atoms with E-state index < -0.39 is 0 Å². The highest BCUT2D eigenvalue weighted by molar-refractivity contribution is 7.78. The van der Waals surface area contributed by atoms with E-state index in [4.69, 9.17) is 5.73 Å². The molecule has 4 heteroatoms. The van der Waals surface area contributed by atoms with Gasteiger partial charge in [-0.05, 0) is 18.7 Å². The van der Waals surface area contributed by atoms with Crippen molar-refractivity contribution in [1.82, 2.24) is 8.96 Å². The van der Waals surface area contributed by atoms with Gasteiger partial charge < -0.3 is 5.73 Å². The van der Waals surface area contributed by atoms with E-state index in [0.29, 0.717) is 6.54 Å². The highest BCUT2D eigenvalue weighted by Gasteiger charge is 2.05. The Hall–Kier alpha value is -1.000. The fourth-order valence-corrected chi connectivity index (χ4v) is 1.67. The Kier molecular flexibility index (Phi) is 2.24. The smallest absolute Gasteiger partial charge is 0.121 e. The summed E-state index contributed by atoms with van der Waals surface area (Å²) in [6.07, 6.45) is 0.762. The number of hydrogen-bond donors (Lipinski definition) is 2. The summed E-state index contributed by atoms with van der Waals surface area (Å²) in [4.78, 5) is 4.41. The predicted octanol–water partition coefficient (Wildman–Crippen LogP) is 1.23. The molecule has 0 spiro atoms. The van der Waals surface area contributed by atoms with Crippen LogP contribution in [0, 0.1) is 0 Å². The van der Waals surface area contributed by atoms with Gasteiger partial charge in [-0.1, -0.05) is 24.9 Å². The lowest BCUT2D eigenvalue weighted by Crippen LogP contribution is -2.05. The zero-order valence-electron chi connectivity index (χ0n) is 7.14. The van der Waals surface area contributed by atoms with E-state index in [2.05, 4.69) is 17.8 Å². The molecule has 0 atom stereocenters. The minimum absolute atomic E-state index is 0.601. The monoisotopic (exact) mass is 193 g/mol. The first-order chi connectivity index (χ1) is 6.33. The Morgan fingerprint density at radius 1 is 1.38 bits per heavy atom. The molecule has 0 saturated heterocycles. The Morgan fingerprint density at radius 3 is 2.85 bits per heavy atom. The Bertz CT molecular complexity index is 422. The van der Waals surface area contributed by atoms with Gasteiger partial charge in [0.25, 0.3) is 0 Å². The molecule has 1 aromatic heterocycles. The van der Waals surface area contributed by atoms with E-state index in [9.17, 15) is 0 Å². The molecular formula is C9H11N3S. The summed E-state index contributed by atoms with van der Waals surface area (Å²) in [5.74, 6) is 0.923. The van der Waals surface area contributed by atoms with E-state index >= 15 is 0 Å². The van der Waals surface area contributed by atoms with Crippen molar-refractivity contribution < 1.29 is 0 Å². The van der Waals surface area contributed by atoms with Crippen LogP contribution in [-0.2, 0) is 6.42 Å². The van der Waals surface area contributed by atoms with E-state index in [0.717, 1.165) is 23.3 Å². The fourth-order valence-electron chi connectivity index (χ4n) is 1.35. The zero-order valence-corrected chi connectivity index (χ0v) is 8.04. The third kappa shape index (κ3) is 1.43. The molecule has 1 heterocycles. The van der Waals surface area contributed by atoms with Crippen molar-refractivity contribution in [3.05, 3.63) is 30.1 Å². The minimum atomic E-state index is 0.601. The van der Waals surface area contributed by atoms with Crippen LogP contribution in [0.1, 0.15) is 5.82 Å². The summed E-state index contributed by atoms with van der Waals surface area (Å²) in [7, 11) is 0. The number of para-hydroxylation sites is 2. The number of fused-ring (bicyclic) bond motifs is 1. The van der Waals surface area contributed by atoms with Crippen LogP contribution in [-0.4, -0.2) is 15.5 Å². The summed E-state index contributed by atoms with van der Waals surface area (Å²) in [6, 6.07) is 7.91. The maximum atomic E-state index is 5.46. The SMILES string of the molecule is NCCc1nc2ccccc2n1S. The topological polar surface area (TPSA) is 43.8 Å². The standard InChI is InChI=1S/C9H11N3S/c10-6-5-9-11-7-3-1-2-4-8(7)12(9)13/h1-4,13H,5-6,10H2. The predicted molar refractivity (Wildman–Crippen MR) is 56.9 cm³/mol. The quantitative estimate of drug-likeness (QED) is 0.704. The molecule has 0 radical (unpaired) electrons. The molecule has 0 aliphatic heterocycles. The maximum Gasteiger partial charge on any atom is 0.121 e. The van der Waals surface area contributed by atoms with E-state index in [1.807, 2.05) is 24.3 Å². The van der Waals surface area contributed by atoms with Gasteiger partial charge in [-0.2, -0.15) is 0 Å². The largest absolute Gasteiger partial charge is 0.330 e. The third-order valence-electron chi connectivity index (χ3n) is 1.97. The third-order valence-corrected chi connectivity index (χ3v) is 2.42. The van der Waals surface area contributed by atoms with Crippen LogP contribution < -0.4 is 5.73 Å². The Labute approximate surface area is 82.1 Å². The second-order valence-corrected chi connectivity index (χ2v) is 3.27. The molecule has 13 heavy (non-hydrogen) atoms. The number of benzene rings is 1. The van der Waals surface area contributed by atoms with Crippen LogP contribution in [0.2, 0.25) is 0 Å². The molecule has 1 aromatic carbocycles. The summed E-state index contributed by atoms with van der Waals surface area (Å²) >= 11 is 4.35. The minimum Gasteiger partial charge on any atom is -0.330 e. The second-order valence-electron chi connectivity index (χ2n) is 2.87. The van der Waals surface area contributed by atoms with E-state index in [1.54, 1.807) is 3.97 Å². The lowest BCUT2D eigenvalue weighted by Gasteiger charge is -1.97. The molecule has 0 unspecified atom stereocenters. The second kappa shape index (κ2) is 3.40. The first-order valence-corrected chi connectivity index (χ1v) is 4.58.